The summed E-state index contributed by atoms with van der Waals surface area (Å²) < 4.78 is 0. The fraction of sp³-hybridized carbons (Fsp3) is 0.250. The van der Waals surface area contributed by atoms with Gasteiger partial charge in [-0.3, -0.25) is 9.59 Å². The molecule has 2 rings (SSSR count). The van der Waals surface area contributed by atoms with E-state index >= 15 is 0 Å². The van der Waals surface area contributed by atoms with Crippen LogP contribution in [-0.2, 0) is 9.59 Å². The van der Waals surface area contributed by atoms with Gasteiger partial charge in [-0.2, -0.15) is 10.2 Å². The number of nitrogens with one attached hydrogen (secondary N) is 2. The van der Waals surface area contributed by atoms with Gasteiger partial charge in [-0.05, 0) is 36.7 Å². The molecule has 2 heterocycles. The first-order valence-corrected chi connectivity index (χ1v) is 9.06. The Kier molecular flexibility index (Phi) is 6.83. The number of rotatable bonds is 7. The first-order chi connectivity index (χ1) is 11.6. The summed E-state index contributed by atoms with van der Waals surface area (Å²) in [5.74, 6) is -0.611. The molecule has 0 unspecified atom stereocenters. The molecule has 0 aliphatic carbocycles. The fourth-order valence-corrected chi connectivity index (χ4v) is 3.06. The van der Waals surface area contributed by atoms with Gasteiger partial charge in [0.05, 0.1) is 11.4 Å². The third-order valence-corrected chi connectivity index (χ3v) is 4.99. The van der Waals surface area contributed by atoms with Gasteiger partial charge in [0.2, 0.25) is 11.8 Å². The highest BCUT2D eigenvalue weighted by Gasteiger charge is 2.07. The number of hydrazone groups is 2. The minimum atomic E-state index is -0.306. The van der Waals surface area contributed by atoms with Gasteiger partial charge in [-0.25, -0.2) is 10.9 Å². The second-order valence-electron chi connectivity index (χ2n) is 4.92. The van der Waals surface area contributed by atoms with Crippen molar-refractivity contribution >= 4 is 45.9 Å². The Labute approximate surface area is 148 Å². The zero-order valence-electron chi connectivity index (χ0n) is 13.4. The van der Waals surface area contributed by atoms with Crippen molar-refractivity contribution in [2.75, 3.05) is 0 Å². The smallest absolute Gasteiger partial charge is 0.240 e. The van der Waals surface area contributed by atoms with Crippen molar-refractivity contribution in [3.63, 3.8) is 0 Å². The summed E-state index contributed by atoms with van der Waals surface area (Å²) in [4.78, 5) is 25.4. The summed E-state index contributed by atoms with van der Waals surface area (Å²) in [5.41, 5.74) is 6.38. The number of thiophene rings is 2. The van der Waals surface area contributed by atoms with Crippen LogP contribution in [0.2, 0.25) is 0 Å². The number of carbonyl (C=O) groups is 2. The molecule has 0 aliphatic heterocycles. The standard InChI is InChI=1S/C16H18N4O2S2/c1-11(13-5-3-9-23-13)17-19-15(21)7-8-16(22)20-18-12(2)14-6-4-10-24-14/h3-6,9-10H,7-8H2,1-2H3,(H,19,21)(H,20,22). The molecular formula is C16H18N4O2S2. The molecule has 24 heavy (non-hydrogen) atoms. The van der Waals surface area contributed by atoms with Crippen LogP contribution in [0.3, 0.4) is 0 Å². The monoisotopic (exact) mass is 362 g/mol. The SMILES string of the molecule is CC(=NNC(=O)CCC(=O)NN=C(C)c1cccs1)c1cccs1. The summed E-state index contributed by atoms with van der Waals surface area (Å²) in [6.07, 6.45) is 0.112. The lowest BCUT2D eigenvalue weighted by atomic mass is 10.3. The van der Waals surface area contributed by atoms with Gasteiger partial charge >= 0.3 is 0 Å². The molecule has 8 heteroatoms. The van der Waals surface area contributed by atoms with Gasteiger partial charge in [-0.15, -0.1) is 22.7 Å². The van der Waals surface area contributed by atoms with Crippen molar-refractivity contribution in [2.45, 2.75) is 26.7 Å². The molecule has 0 fully saturated rings. The van der Waals surface area contributed by atoms with Crippen LogP contribution in [-0.4, -0.2) is 23.2 Å². The van der Waals surface area contributed by atoms with E-state index in [1.807, 2.05) is 48.9 Å². The van der Waals surface area contributed by atoms with Gasteiger partial charge in [0.15, 0.2) is 0 Å². The van der Waals surface area contributed by atoms with Crippen LogP contribution >= 0.6 is 22.7 Å². The molecule has 2 aromatic rings. The van der Waals surface area contributed by atoms with E-state index in [1.54, 1.807) is 22.7 Å². The Morgan fingerprint density at radius 1 is 0.875 bits per heavy atom. The molecule has 2 aromatic heterocycles. The topological polar surface area (TPSA) is 82.9 Å². The van der Waals surface area contributed by atoms with Crippen molar-refractivity contribution in [3.05, 3.63) is 44.8 Å². The zero-order chi connectivity index (χ0) is 17.4. The molecule has 2 N–H and O–H groups in total. The summed E-state index contributed by atoms with van der Waals surface area (Å²) in [7, 11) is 0. The van der Waals surface area contributed by atoms with E-state index in [0.717, 1.165) is 21.2 Å². The first kappa shape index (κ1) is 18.0. The van der Waals surface area contributed by atoms with Crippen LogP contribution in [0.25, 0.3) is 0 Å². The van der Waals surface area contributed by atoms with E-state index in [9.17, 15) is 9.59 Å². The second-order valence-corrected chi connectivity index (χ2v) is 6.81. The molecule has 0 atom stereocenters. The van der Waals surface area contributed by atoms with E-state index in [0.29, 0.717) is 0 Å². The normalized spacial score (nSPS) is 12.1. The largest absolute Gasteiger partial charge is 0.273 e. The molecule has 0 spiro atoms. The van der Waals surface area contributed by atoms with Crippen LogP contribution in [0.4, 0.5) is 0 Å². The fourth-order valence-electron chi connectivity index (χ4n) is 1.71. The van der Waals surface area contributed by atoms with Crippen LogP contribution in [0.5, 0.6) is 0 Å². The molecule has 0 radical (unpaired) electrons. The molecule has 0 saturated heterocycles. The van der Waals surface area contributed by atoms with Gasteiger partial charge in [-0.1, -0.05) is 12.1 Å². The van der Waals surface area contributed by atoms with Crippen molar-refractivity contribution in [2.24, 2.45) is 10.2 Å². The number of hydrogen-bond acceptors (Lipinski definition) is 6. The van der Waals surface area contributed by atoms with Crippen molar-refractivity contribution in [3.8, 4) is 0 Å². The molecule has 0 bridgehead atoms. The third-order valence-electron chi connectivity index (χ3n) is 3.03. The Morgan fingerprint density at radius 2 is 1.29 bits per heavy atom. The van der Waals surface area contributed by atoms with Crippen molar-refractivity contribution < 1.29 is 9.59 Å². The van der Waals surface area contributed by atoms with E-state index in [1.165, 1.54) is 0 Å². The maximum Gasteiger partial charge on any atom is 0.240 e. The van der Waals surface area contributed by atoms with E-state index < -0.39 is 0 Å². The number of hydrogen-bond donors (Lipinski definition) is 2. The maximum absolute atomic E-state index is 11.7. The molecule has 6 nitrogen and oxygen atoms in total. The number of nitrogens with zero attached hydrogens (tertiary/aromatic N) is 2. The Hall–Kier alpha value is -2.32. The molecule has 0 aromatic carbocycles. The summed E-state index contributed by atoms with van der Waals surface area (Å²) in [5, 5.41) is 11.9. The Balaban J connectivity index is 1.72. The summed E-state index contributed by atoms with van der Waals surface area (Å²) in [6.45, 7) is 3.64. The molecular weight excluding hydrogens is 344 g/mol. The van der Waals surface area contributed by atoms with Crippen molar-refractivity contribution in [1.82, 2.24) is 10.9 Å². The second kappa shape index (κ2) is 9.09. The van der Waals surface area contributed by atoms with Crippen molar-refractivity contribution in [1.29, 1.82) is 0 Å². The lowest BCUT2D eigenvalue weighted by Crippen LogP contribution is -2.24. The predicted octanol–water partition coefficient (Wildman–Crippen LogP) is 2.97. The summed E-state index contributed by atoms with van der Waals surface area (Å²) in [6, 6.07) is 7.70. The molecule has 0 aliphatic rings. The zero-order valence-corrected chi connectivity index (χ0v) is 15.0. The first-order valence-electron chi connectivity index (χ1n) is 7.30. The summed E-state index contributed by atoms with van der Waals surface area (Å²) >= 11 is 3.10. The van der Waals surface area contributed by atoms with Crippen LogP contribution < -0.4 is 10.9 Å². The highest BCUT2D eigenvalue weighted by atomic mass is 32.1. The van der Waals surface area contributed by atoms with Crippen LogP contribution in [0.15, 0.2) is 45.2 Å². The molecule has 0 saturated carbocycles. The van der Waals surface area contributed by atoms with E-state index in [-0.39, 0.29) is 24.7 Å². The lowest BCUT2D eigenvalue weighted by Gasteiger charge is -2.02. The average molecular weight is 362 g/mol. The Morgan fingerprint density at radius 3 is 1.62 bits per heavy atom. The quantitative estimate of drug-likeness (QED) is 0.586. The molecule has 2 amide bonds. The van der Waals surface area contributed by atoms with Gasteiger partial charge < -0.3 is 0 Å². The highest BCUT2D eigenvalue weighted by molar-refractivity contribution is 7.12. The van der Waals surface area contributed by atoms with Gasteiger partial charge in [0.1, 0.15) is 0 Å². The number of carbonyl (C=O) groups excluding carboxylic acids is 2. The van der Waals surface area contributed by atoms with E-state index in [2.05, 4.69) is 21.1 Å². The highest BCUT2D eigenvalue weighted by Crippen LogP contribution is 2.10. The van der Waals surface area contributed by atoms with Crippen LogP contribution in [0, 0.1) is 0 Å². The van der Waals surface area contributed by atoms with Crippen LogP contribution in [0.1, 0.15) is 36.4 Å². The maximum atomic E-state index is 11.7. The van der Waals surface area contributed by atoms with Gasteiger partial charge in [0, 0.05) is 22.6 Å². The predicted molar refractivity (Wildman–Crippen MR) is 98.6 cm³/mol. The minimum absolute atomic E-state index is 0.0562. The van der Waals surface area contributed by atoms with E-state index in [4.69, 9.17) is 0 Å². The third kappa shape index (κ3) is 5.71. The Bertz CT molecular complexity index is 670. The minimum Gasteiger partial charge on any atom is -0.273 e. The van der Waals surface area contributed by atoms with Gasteiger partial charge in [0.25, 0.3) is 0 Å². The number of amides is 2. The average Bonchev–Trinajstić information content (AvgIpc) is 3.28. The molecule has 126 valence electrons. The lowest BCUT2D eigenvalue weighted by molar-refractivity contribution is -0.126.